The lowest BCUT2D eigenvalue weighted by Crippen LogP contribution is -2.53. The number of rotatable bonds is 5. The van der Waals surface area contributed by atoms with E-state index in [9.17, 15) is 0 Å². The summed E-state index contributed by atoms with van der Waals surface area (Å²) >= 11 is 0. The Labute approximate surface area is 187 Å². The molecule has 158 valence electrons. The second kappa shape index (κ2) is 11.8. The van der Waals surface area contributed by atoms with E-state index in [1.165, 1.54) is 16.8 Å². The maximum Gasteiger partial charge on any atom is 0.194 e. The number of ether oxygens (including phenoxy) is 1. The van der Waals surface area contributed by atoms with Gasteiger partial charge in [-0.1, -0.05) is 12.1 Å². The van der Waals surface area contributed by atoms with Crippen LogP contribution in [0.4, 0.5) is 5.69 Å². The minimum Gasteiger partial charge on any atom is -0.379 e. The fourth-order valence-electron chi connectivity index (χ4n) is 3.79. The number of anilines is 1. The van der Waals surface area contributed by atoms with Crippen LogP contribution >= 0.6 is 24.0 Å². The van der Waals surface area contributed by atoms with Gasteiger partial charge in [0, 0.05) is 58.0 Å². The standard InChI is InChI=1S/C21H35N5O.HI/c1-4-22-21(23-8-9-24-14-16-27-17-15-24)26-12-10-25(11-13-26)20-7-5-6-18(2)19(20)3;/h5-7H,4,8-17H2,1-3H3,(H,22,23);1H. The number of aryl methyl sites for hydroxylation is 1. The molecule has 1 aromatic carbocycles. The molecule has 2 saturated heterocycles. The monoisotopic (exact) mass is 501 g/mol. The number of aliphatic imine (C=N–C) groups is 1. The predicted octanol–water partition coefficient (Wildman–Crippen LogP) is 2.34. The van der Waals surface area contributed by atoms with Crippen molar-refractivity contribution in [3.05, 3.63) is 29.3 Å². The van der Waals surface area contributed by atoms with Crippen LogP contribution in [0.2, 0.25) is 0 Å². The van der Waals surface area contributed by atoms with Crippen molar-refractivity contribution < 1.29 is 4.74 Å². The molecule has 0 atom stereocenters. The molecule has 0 spiro atoms. The van der Waals surface area contributed by atoms with Crippen LogP contribution in [0.5, 0.6) is 0 Å². The average Bonchev–Trinajstić information content (AvgIpc) is 2.70. The summed E-state index contributed by atoms with van der Waals surface area (Å²) < 4.78 is 5.42. The summed E-state index contributed by atoms with van der Waals surface area (Å²) in [6.45, 7) is 17.2. The zero-order chi connectivity index (χ0) is 19.1. The highest BCUT2D eigenvalue weighted by Crippen LogP contribution is 2.23. The minimum absolute atomic E-state index is 0. The SMILES string of the molecule is CCNC(=NCCN1CCOCC1)N1CCN(c2cccc(C)c2C)CC1.I. The topological polar surface area (TPSA) is 43.3 Å². The molecule has 6 nitrogen and oxygen atoms in total. The lowest BCUT2D eigenvalue weighted by molar-refractivity contribution is 0.0394. The van der Waals surface area contributed by atoms with E-state index in [0.29, 0.717) is 0 Å². The summed E-state index contributed by atoms with van der Waals surface area (Å²) in [6, 6.07) is 6.61. The lowest BCUT2D eigenvalue weighted by Gasteiger charge is -2.38. The summed E-state index contributed by atoms with van der Waals surface area (Å²) in [7, 11) is 0. The van der Waals surface area contributed by atoms with Gasteiger partial charge in [0.05, 0.1) is 19.8 Å². The molecule has 0 amide bonds. The molecule has 1 N–H and O–H groups in total. The van der Waals surface area contributed by atoms with Crippen molar-refractivity contribution in [2.24, 2.45) is 4.99 Å². The summed E-state index contributed by atoms with van der Waals surface area (Å²) in [5.41, 5.74) is 4.15. The van der Waals surface area contributed by atoms with Crippen LogP contribution < -0.4 is 10.2 Å². The highest BCUT2D eigenvalue weighted by atomic mass is 127. The van der Waals surface area contributed by atoms with Gasteiger partial charge in [-0.2, -0.15) is 0 Å². The Kier molecular flexibility index (Phi) is 9.81. The highest BCUT2D eigenvalue weighted by molar-refractivity contribution is 14.0. The van der Waals surface area contributed by atoms with E-state index in [1.54, 1.807) is 0 Å². The number of guanidine groups is 1. The predicted molar refractivity (Wildman–Crippen MR) is 128 cm³/mol. The molecule has 0 unspecified atom stereocenters. The Hall–Kier alpha value is -1.06. The van der Waals surface area contributed by atoms with Crippen molar-refractivity contribution in [3.63, 3.8) is 0 Å². The fraction of sp³-hybridized carbons (Fsp3) is 0.667. The minimum atomic E-state index is 0. The van der Waals surface area contributed by atoms with E-state index in [0.717, 1.165) is 78.1 Å². The molecule has 28 heavy (non-hydrogen) atoms. The Bertz CT molecular complexity index is 625. The third-order valence-corrected chi connectivity index (χ3v) is 5.61. The molecule has 2 fully saturated rings. The molecule has 2 aliphatic heterocycles. The number of hydrogen-bond donors (Lipinski definition) is 1. The number of piperazine rings is 1. The van der Waals surface area contributed by atoms with Crippen LogP contribution in [0.3, 0.4) is 0 Å². The number of nitrogens with zero attached hydrogens (tertiary/aromatic N) is 4. The second-order valence-electron chi connectivity index (χ2n) is 7.38. The van der Waals surface area contributed by atoms with Crippen LogP contribution in [0.25, 0.3) is 0 Å². The molecular weight excluding hydrogens is 465 g/mol. The molecule has 0 saturated carbocycles. The molecule has 7 heteroatoms. The number of hydrogen-bond acceptors (Lipinski definition) is 4. The van der Waals surface area contributed by atoms with Gasteiger partial charge in [-0.25, -0.2) is 0 Å². The highest BCUT2D eigenvalue weighted by Gasteiger charge is 2.21. The molecule has 2 aliphatic rings. The Morgan fingerprint density at radius 1 is 1.07 bits per heavy atom. The number of morpholine rings is 1. The molecule has 2 heterocycles. The molecule has 3 rings (SSSR count). The van der Waals surface area contributed by atoms with Gasteiger partial charge in [0.2, 0.25) is 0 Å². The lowest BCUT2D eigenvalue weighted by atomic mass is 10.1. The van der Waals surface area contributed by atoms with Crippen molar-refractivity contribution >= 4 is 35.6 Å². The van der Waals surface area contributed by atoms with Crippen LogP contribution in [-0.2, 0) is 4.74 Å². The summed E-state index contributed by atoms with van der Waals surface area (Å²) in [6.07, 6.45) is 0. The van der Waals surface area contributed by atoms with Gasteiger partial charge < -0.3 is 19.9 Å². The molecule has 0 aromatic heterocycles. The largest absolute Gasteiger partial charge is 0.379 e. The molecular formula is C21H36IN5O. The molecule has 0 aliphatic carbocycles. The van der Waals surface area contributed by atoms with Gasteiger partial charge in [-0.3, -0.25) is 9.89 Å². The number of benzene rings is 1. The van der Waals surface area contributed by atoms with E-state index in [-0.39, 0.29) is 24.0 Å². The van der Waals surface area contributed by atoms with Crippen molar-refractivity contribution in [2.75, 3.05) is 77.0 Å². The maximum atomic E-state index is 5.42. The van der Waals surface area contributed by atoms with Crippen molar-refractivity contribution in [2.45, 2.75) is 20.8 Å². The maximum absolute atomic E-state index is 5.42. The normalized spacial score (nSPS) is 18.8. The van der Waals surface area contributed by atoms with E-state index >= 15 is 0 Å². The Morgan fingerprint density at radius 2 is 1.79 bits per heavy atom. The smallest absolute Gasteiger partial charge is 0.194 e. The van der Waals surface area contributed by atoms with Gasteiger partial charge >= 0.3 is 0 Å². The van der Waals surface area contributed by atoms with E-state index < -0.39 is 0 Å². The Balaban J connectivity index is 0.00000280. The van der Waals surface area contributed by atoms with E-state index in [4.69, 9.17) is 9.73 Å². The van der Waals surface area contributed by atoms with Crippen molar-refractivity contribution in [1.82, 2.24) is 15.1 Å². The van der Waals surface area contributed by atoms with E-state index in [2.05, 4.69) is 59.0 Å². The zero-order valence-corrected chi connectivity index (χ0v) is 19.9. The fourth-order valence-corrected chi connectivity index (χ4v) is 3.79. The molecule has 1 aromatic rings. The first kappa shape index (κ1) is 23.2. The first-order valence-corrected chi connectivity index (χ1v) is 10.3. The van der Waals surface area contributed by atoms with E-state index in [1.807, 2.05) is 0 Å². The second-order valence-corrected chi connectivity index (χ2v) is 7.38. The summed E-state index contributed by atoms with van der Waals surface area (Å²) in [4.78, 5) is 12.2. The molecule has 0 bridgehead atoms. The molecule has 0 radical (unpaired) electrons. The van der Waals surface area contributed by atoms with Crippen LogP contribution in [0.15, 0.2) is 23.2 Å². The van der Waals surface area contributed by atoms with Gasteiger partial charge in [-0.05, 0) is 38.0 Å². The van der Waals surface area contributed by atoms with Crippen molar-refractivity contribution in [3.8, 4) is 0 Å². The van der Waals surface area contributed by atoms with Crippen LogP contribution in [-0.4, -0.2) is 87.9 Å². The van der Waals surface area contributed by atoms with Crippen LogP contribution in [0.1, 0.15) is 18.1 Å². The number of nitrogens with one attached hydrogen (secondary N) is 1. The van der Waals surface area contributed by atoms with Crippen molar-refractivity contribution in [1.29, 1.82) is 0 Å². The van der Waals surface area contributed by atoms with Gasteiger partial charge in [0.1, 0.15) is 0 Å². The summed E-state index contributed by atoms with van der Waals surface area (Å²) in [5.74, 6) is 1.06. The number of halogens is 1. The third-order valence-electron chi connectivity index (χ3n) is 5.61. The zero-order valence-electron chi connectivity index (χ0n) is 17.6. The average molecular weight is 501 g/mol. The quantitative estimate of drug-likeness (QED) is 0.381. The van der Waals surface area contributed by atoms with Gasteiger partial charge in [0.25, 0.3) is 0 Å². The summed E-state index contributed by atoms with van der Waals surface area (Å²) in [5, 5.41) is 3.48. The van der Waals surface area contributed by atoms with Gasteiger partial charge in [-0.15, -0.1) is 24.0 Å². The van der Waals surface area contributed by atoms with Gasteiger partial charge in [0.15, 0.2) is 5.96 Å². The third kappa shape index (κ3) is 6.22. The van der Waals surface area contributed by atoms with Crippen LogP contribution in [0, 0.1) is 13.8 Å². The first-order valence-electron chi connectivity index (χ1n) is 10.3. The first-order chi connectivity index (χ1) is 13.2. The Morgan fingerprint density at radius 3 is 2.46 bits per heavy atom.